The summed E-state index contributed by atoms with van der Waals surface area (Å²) >= 11 is 0. The molecular formula is C13H23NO3. The van der Waals surface area contributed by atoms with Gasteiger partial charge in [-0.2, -0.15) is 0 Å². The summed E-state index contributed by atoms with van der Waals surface area (Å²) in [5.74, 6) is 0.310. The Labute approximate surface area is 103 Å². The zero-order chi connectivity index (χ0) is 12.5. The number of rotatable bonds is 6. The number of carbonyl (C=O) groups excluding carboxylic acids is 1. The highest BCUT2D eigenvalue weighted by molar-refractivity contribution is 6.36. The molecule has 4 nitrogen and oxygen atoms in total. The van der Waals surface area contributed by atoms with Crippen LogP contribution in [0.25, 0.3) is 0 Å². The van der Waals surface area contributed by atoms with Gasteiger partial charge in [0.05, 0.1) is 6.61 Å². The quantitative estimate of drug-likeness (QED) is 0.336. The van der Waals surface area contributed by atoms with Gasteiger partial charge in [-0.1, -0.05) is 43.7 Å². The van der Waals surface area contributed by atoms with Gasteiger partial charge < -0.3 is 9.94 Å². The minimum absolute atomic E-state index is 0.155. The third kappa shape index (κ3) is 5.20. The van der Waals surface area contributed by atoms with Gasteiger partial charge in [0.2, 0.25) is 0 Å². The normalized spacial score (nSPS) is 18.1. The maximum Gasteiger partial charge on any atom is 0.356 e. The van der Waals surface area contributed by atoms with Crippen molar-refractivity contribution in [1.82, 2.24) is 0 Å². The van der Waals surface area contributed by atoms with Gasteiger partial charge in [-0.05, 0) is 19.3 Å². The zero-order valence-electron chi connectivity index (χ0n) is 10.7. The molecule has 0 atom stereocenters. The lowest BCUT2D eigenvalue weighted by Crippen LogP contribution is -2.18. The SMILES string of the molecule is CCOC(=O)C(CCCC1CCCCC1)=NO. The van der Waals surface area contributed by atoms with Gasteiger partial charge in [-0.15, -0.1) is 0 Å². The highest BCUT2D eigenvalue weighted by atomic mass is 16.5. The van der Waals surface area contributed by atoms with E-state index in [4.69, 9.17) is 9.94 Å². The number of oxime groups is 1. The molecule has 1 saturated carbocycles. The van der Waals surface area contributed by atoms with Crippen LogP contribution in [0.2, 0.25) is 0 Å². The third-order valence-electron chi connectivity index (χ3n) is 3.38. The summed E-state index contributed by atoms with van der Waals surface area (Å²) in [6.07, 6.45) is 9.21. The second-order valence-corrected chi connectivity index (χ2v) is 4.66. The average Bonchev–Trinajstić information content (AvgIpc) is 2.36. The van der Waals surface area contributed by atoms with E-state index in [1.54, 1.807) is 6.92 Å². The molecule has 0 aromatic heterocycles. The first-order valence-electron chi connectivity index (χ1n) is 6.66. The second kappa shape index (κ2) is 8.09. The van der Waals surface area contributed by atoms with Crippen molar-refractivity contribution in [2.45, 2.75) is 58.3 Å². The molecule has 0 aromatic carbocycles. The van der Waals surface area contributed by atoms with Gasteiger partial charge in [0.25, 0.3) is 0 Å². The minimum Gasteiger partial charge on any atom is -0.461 e. The molecule has 1 N–H and O–H groups in total. The summed E-state index contributed by atoms with van der Waals surface area (Å²) in [5, 5.41) is 11.8. The van der Waals surface area contributed by atoms with Gasteiger partial charge in [0, 0.05) is 6.42 Å². The highest BCUT2D eigenvalue weighted by Gasteiger charge is 2.16. The molecule has 1 aliphatic carbocycles. The van der Waals surface area contributed by atoms with Crippen LogP contribution in [-0.4, -0.2) is 23.5 Å². The Morgan fingerprint density at radius 2 is 2.06 bits per heavy atom. The van der Waals surface area contributed by atoms with E-state index >= 15 is 0 Å². The van der Waals surface area contributed by atoms with E-state index in [-0.39, 0.29) is 5.71 Å². The van der Waals surface area contributed by atoms with Crippen molar-refractivity contribution in [3.05, 3.63) is 0 Å². The van der Waals surface area contributed by atoms with Crippen LogP contribution >= 0.6 is 0 Å². The summed E-state index contributed by atoms with van der Waals surface area (Å²) in [6, 6.07) is 0. The first-order valence-corrected chi connectivity index (χ1v) is 6.66. The first-order chi connectivity index (χ1) is 8.27. The Morgan fingerprint density at radius 3 is 2.65 bits per heavy atom. The summed E-state index contributed by atoms with van der Waals surface area (Å²) in [5.41, 5.74) is 0.155. The summed E-state index contributed by atoms with van der Waals surface area (Å²) < 4.78 is 4.81. The van der Waals surface area contributed by atoms with Crippen LogP contribution in [0.15, 0.2) is 5.16 Å². The molecule has 0 heterocycles. The van der Waals surface area contributed by atoms with Crippen molar-refractivity contribution in [3.63, 3.8) is 0 Å². The fourth-order valence-corrected chi connectivity index (χ4v) is 2.44. The van der Waals surface area contributed by atoms with E-state index in [0.717, 1.165) is 18.8 Å². The molecule has 0 aliphatic heterocycles. The molecule has 1 aliphatic rings. The monoisotopic (exact) mass is 241 g/mol. The van der Waals surface area contributed by atoms with Gasteiger partial charge in [0.1, 0.15) is 0 Å². The predicted molar refractivity (Wildman–Crippen MR) is 66.3 cm³/mol. The Kier molecular flexibility index (Phi) is 6.67. The van der Waals surface area contributed by atoms with Gasteiger partial charge in [-0.25, -0.2) is 4.79 Å². The molecule has 4 heteroatoms. The van der Waals surface area contributed by atoms with Crippen LogP contribution in [0.1, 0.15) is 58.3 Å². The summed E-state index contributed by atoms with van der Waals surface area (Å²) in [7, 11) is 0. The molecule has 0 radical (unpaired) electrons. The van der Waals surface area contributed by atoms with Crippen molar-refractivity contribution in [2.75, 3.05) is 6.61 Å². The van der Waals surface area contributed by atoms with Crippen molar-refractivity contribution in [2.24, 2.45) is 11.1 Å². The molecule has 0 spiro atoms. The number of hydrogen-bond donors (Lipinski definition) is 1. The Hall–Kier alpha value is -1.06. The minimum atomic E-state index is -0.487. The van der Waals surface area contributed by atoms with E-state index in [2.05, 4.69) is 5.16 Å². The van der Waals surface area contributed by atoms with Crippen molar-refractivity contribution in [1.29, 1.82) is 0 Å². The summed E-state index contributed by atoms with van der Waals surface area (Å²) in [4.78, 5) is 11.3. The molecule has 0 amide bonds. The van der Waals surface area contributed by atoms with E-state index in [1.807, 2.05) is 0 Å². The lowest BCUT2D eigenvalue weighted by Gasteiger charge is -2.21. The van der Waals surface area contributed by atoms with E-state index in [0.29, 0.717) is 13.0 Å². The number of hydrogen-bond acceptors (Lipinski definition) is 4. The van der Waals surface area contributed by atoms with Gasteiger partial charge >= 0.3 is 5.97 Å². The van der Waals surface area contributed by atoms with Crippen molar-refractivity contribution >= 4 is 11.7 Å². The molecule has 1 fully saturated rings. The molecule has 1 rings (SSSR count). The van der Waals surface area contributed by atoms with E-state index in [1.165, 1.54) is 32.1 Å². The summed E-state index contributed by atoms with van der Waals surface area (Å²) in [6.45, 7) is 2.06. The van der Waals surface area contributed by atoms with Crippen LogP contribution in [-0.2, 0) is 9.53 Å². The van der Waals surface area contributed by atoms with Crippen LogP contribution in [0.3, 0.4) is 0 Å². The fraction of sp³-hybridized carbons (Fsp3) is 0.846. The van der Waals surface area contributed by atoms with E-state index in [9.17, 15) is 4.79 Å². The molecule has 0 unspecified atom stereocenters. The van der Waals surface area contributed by atoms with Crippen molar-refractivity contribution < 1.29 is 14.7 Å². The van der Waals surface area contributed by atoms with Gasteiger partial charge in [-0.3, -0.25) is 0 Å². The van der Waals surface area contributed by atoms with Crippen LogP contribution < -0.4 is 0 Å². The Balaban J connectivity index is 2.21. The average molecular weight is 241 g/mol. The number of esters is 1. The molecule has 98 valence electrons. The topological polar surface area (TPSA) is 58.9 Å². The second-order valence-electron chi connectivity index (χ2n) is 4.66. The number of nitrogens with zero attached hydrogens (tertiary/aromatic N) is 1. The van der Waals surface area contributed by atoms with Crippen molar-refractivity contribution in [3.8, 4) is 0 Å². The molecule has 0 bridgehead atoms. The fourth-order valence-electron chi connectivity index (χ4n) is 2.44. The molecule has 17 heavy (non-hydrogen) atoms. The smallest absolute Gasteiger partial charge is 0.356 e. The van der Waals surface area contributed by atoms with Gasteiger partial charge in [0.15, 0.2) is 5.71 Å². The number of ether oxygens (including phenoxy) is 1. The maximum absolute atomic E-state index is 11.3. The molecule has 0 saturated heterocycles. The first kappa shape index (κ1) is 14.0. The standard InChI is InChI=1S/C13H23NO3/c1-2-17-13(15)12(14-16)10-6-9-11-7-4-3-5-8-11/h11,16H,2-10H2,1H3. The van der Waals surface area contributed by atoms with E-state index < -0.39 is 5.97 Å². The lowest BCUT2D eigenvalue weighted by atomic mass is 9.85. The molecule has 0 aromatic rings. The third-order valence-corrected chi connectivity index (χ3v) is 3.38. The predicted octanol–water partition coefficient (Wildman–Crippen LogP) is 3.13. The van der Waals surface area contributed by atoms with Crippen LogP contribution in [0.5, 0.6) is 0 Å². The highest BCUT2D eigenvalue weighted by Crippen LogP contribution is 2.27. The Morgan fingerprint density at radius 1 is 1.35 bits per heavy atom. The largest absolute Gasteiger partial charge is 0.461 e. The maximum atomic E-state index is 11.3. The lowest BCUT2D eigenvalue weighted by molar-refractivity contribution is -0.135. The molecular weight excluding hydrogens is 218 g/mol. The Bertz CT molecular complexity index is 257. The van der Waals surface area contributed by atoms with Crippen LogP contribution in [0.4, 0.5) is 0 Å². The zero-order valence-corrected chi connectivity index (χ0v) is 10.7. The number of carbonyl (C=O) groups is 1. The van der Waals surface area contributed by atoms with Crippen LogP contribution in [0, 0.1) is 5.92 Å².